The van der Waals surface area contributed by atoms with Crippen LogP contribution >= 0.6 is 0 Å². The molecule has 0 saturated heterocycles. The largest absolute Gasteiger partial charge is 0.368 e. The van der Waals surface area contributed by atoms with Crippen molar-refractivity contribution in [2.24, 2.45) is 12.8 Å². The lowest BCUT2D eigenvalue weighted by Crippen LogP contribution is -2.14. The van der Waals surface area contributed by atoms with Crippen LogP contribution in [0.15, 0.2) is 24.5 Å². The van der Waals surface area contributed by atoms with Crippen LogP contribution in [0.1, 0.15) is 16.1 Å². The highest BCUT2D eigenvalue weighted by molar-refractivity contribution is 5.90. The number of hydrogen-bond acceptors (Lipinski definition) is 5. The van der Waals surface area contributed by atoms with E-state index < -0.39 is 5.91 Å². The second kappa shape index (κ2) is 5.26. The van der Waals surface area contributed by atoms with Gasteiger partial charge in [-0.05, 0) is 24.1 Å². The van der Waals surface area contributed by atoms with E-state index in [1.165, 1.54) is 0 Å². The molecule has 0 radical (unpaired) electrons. The van der Waals surface area contributed by atoms with Crippen LogP contribution in [-0.2, 0) is 13.5 Å². The molecule has 0 aromatic carbocycles. The van der Waals surface area contributed by atoms with E-state index in [4.69, 9.17) is 5.73 Å². The lowest BCUT2D eigenvalue weighted by atomic mass is 10.2. The van der Waals surface area contributed by atoms with Gasteiger partial charge in [0, 0.05) is 19.8 Å². The standard InChI is InChI=1S/C11H14N6O/c1-17-7-8(6-14-17)4-5-13-10-3-2-9(11(12)18)15-16-10/h2-3,6-7H,4-5H2,1H3,(H2,12,18)(H,13,16). The molecular weight excluding hydrogens is 232 g/mol. The Morgan fingerprint density at radius 1 is 1.44 bits per heavy atom. The van der Waals surface area contributed by atoms with E-state index in [0.717, 1.165) is 18.5 Å². The van der Waals surface area contributed by atoms with Crippen LogP contribution in [0.2, 0.25) is 0 Å². The molecule has 0 unspecified atom stereocenters. The Bertz CT molecular complexity index is 533. The van der Waals surface area contributed by atoms with E-state index in [0.29, 0.717) is 5.82 Å². The van der Waals surface area contributed by atoms with Crippen LogP contribution in [0, 0.1) is 0 Å². The van der Waals surface area contributed by atoms with E-state index in [2.05, 4.69) is 20.6 Å². The minimum absolute atomic E-state index is 0.160. The molecular formula is C11H14N6O. The number of carbonyl (C=O) groups is 1. The fourth-order valence-electron chi connectivity index (χ4n) is 1.49. The molecule has 0 fully saturated rings. The summed E-state index contributed by atoms with van der Waals surface area (Å²) >= 11 is 0. The van der Waals surface area contributed by atoms with Gasteiger partial charge in [-0.3, -0.25) is 9.48 Å². The molecule has 2 heterocycles. The van der Waals surface area contributed by atoms with E-state index in [1.807, 2.05) is 19.4 Å². The van der Waals surface area contributed by atoms with Crippen molar-refractivity contribution in [1.82, 2.24) is 20.0 Å². The molecule has 0 bridgehead atoms. The van der Waals surface area contributed by atoms with E-state index in [-0.39, 0.29) is 5.69 Å². The van der Waals surface area contributed by atoms with Crippen molar-refractivity contribution in [3.63, 3.8) is 0 Å². The third kappa shape index (κ3) is 3.03. The van der Waals surface area contributed by atoms with Crippen LogP contribution in [0.5, 0.6) is 0 Å². The highest BCUT2D eigenvalue weighted by Crippen LogP contribution is 2.03. The minimum atomic E-state index is -0.579. The third-order valence-electron chi connectivity index (χ3n) is 2.40. The van der Waals surface area contributed by atoms with Crippen LogP contribution < -0.4 is 11.1 Å². The number of nitrogens with two attached hydrogens (primary N) is 1. The molecule has 94 valence electrons. The highest BCUT2D eigenvalue weighted by atomic mass is 16.1. The maximum atomic E-state index is 10.8. The van der Waals surface area contributed by atoms with Crippen LogP contribution in [0.4, 0.5) is 5.82 Å². The second-order valence-corrected chi connectivity index (χ2v) is 3.87. The first-order chi connectivity index (χ1) is 8.65. The van der Waals surface area contributed by atoms with E-state index in [1.54, 1.807) is 16.8 Å². The minimum Gasteiger partial charge on any atom is -0.368 e. The molecule has 2 aromatic rings. The predicted molar refractivity (Wildman–Crippen MR) is 66.0 cm³/mol. The van der Waals surface area contributed by atoms with Crippen molar-refractivity contribution >= 4 is 11.7 Å². The molecule has 2 aromatic heterocycles. The summed E-state index contributed by atoms with van der Waals surface area (Å²) in [6.07, 6.45) is 4.63. The maximum Gasteiger partial charge on any atom is 0.269 e. The van der Waals surface area contributed by atoms with Gasteiger partial charge in [0.25, 0.3) is 5.91 Å². The van der Waals surface area contributed by atoms with Gasteiger partial charge in [-0.1, -0.05) is 0 Å². The molecule has 0 aliphatic heterocycles. The lowest BCUT2D eigenvalue weighted by Gasteiger charge is -2.03. The summed E-state index contributed by atoms with van der Waals surface area (Å²) in [6, 6.07) is 3.22. The number of aromatic nitrogens is 4. The smallest absolute Gasteiger partial charge is 0.269 e. The number of primary amides is 1. The number of hydrogen-bond donors (Lipinski definition) is 2. The fourth-order valence-corrected chi connectivity index (χ4v) is 1.49. The molecule has 0 atom stereocenters. The van der Waals surface area contributed by atoms with Gasteiger partial charge in [-0.2, -0.15) is 5.10 Å². The molecule has 0 saturated carbocycles. The first kappa shape index (κ1) is 12.0. The summed E-state index contributed by atoms with van der Waals surface area (Å²) in [6.45, 7) is 0.719. The summed E-state index contributed by atoms with van der Waals surface area (Å²) in [5, 5.41) is 14.7. The molecule has 2 rings (SSSR count). The fraction of sp³-hybridized carbons (Fsp3) is 0.273. The van der Waals surface area contributed by atoms with Crippen molar-refractivity contribution in [2.45, 2.75) is 6.42 Å². The Hall–Kier alpha value is -2.44. The van der Waals surface area contributed by atoms with E-state index in [9.17, 15) is 4.79 Å². The first-order valence-corrected chi connectivity index (χ1v) is 5.50. The Labute approximate surface area is 104 Å². The average molecular weight is 246 g/mol. The summed E-state index contributed by atoms with van der Waals surface area (Å²) < 4.78 is 1.76. The highest BCUT2D eigenvalue weighted by Gasteiger charge is 2.02. The Morgan fingerprint density at radius 3 is 2.83 bits per heavy atom. The van der Waals surface area contributed by atoms with Crippen molar-refractivity contribution in [3.05, 3.63) is 35.8 Å². The van der Waals surface area contributed by atoms with Gasteiger partial charge >= 0.3 is 0 Å². The van der Waals surface area contributed by atoms with Gasteiger partial charge < -0.3 is 11.1 Å². The van der Waals surface area contributed by atoms with E-state index >= 15 is 0 Å². The Kier molecular flexibility index (Phi) is 3.52. The third-order valence-corrected chi connectivity index (χ3v) is 2.40. The van der Waals surface area contributed by atoms with Crippen molar-refractivity contribution in [2.75, 3.05) is 11.9 Å². The second-order valence-electron chi connectivity index (χ2n) is 3.87. The molecule has 0 spiro atoms. The zero-order valence-corrected chi connectivity index (χ0v) is 10.00. The van der Waals surface area contributed by atoms with Gasteiger partial charge in [-0.15, -0.1) is 10.2 Å². The van der Waals surface area contributed by atoms with Crippen molar-refractivity contribution in [1.29, 1.82) is 0 Å². The molecule has 0 aliphatic carbocycles. The average Bonchev–Trinajstić information content (AvgIpc) is 2.76. The van der Waals surface area contributed by atoms with Gasteiger partial charge in [0.15, 0.2) is 5.69 Å². The number of aryl methyl sites for hydroxylation is 1. The van der Waals surface area contributed by atoms with Crippen LogP contribution in [0.3, 0.4) is 0 Å². The molecule has 3 N–H and O–H groups in total. The monoisotopic (exact) mass is 246 g/mol. The summed E-state index contributed by atoms with van der Waals surface area (Å²) in [5.41, 5.74) is 6.38. The summed E-state index contributed by atoms with van der Waals surface area (Å²) in [4.78, 5) is 10.8. The predicted octanol–water partition coefficient (Wildman–Crippen LogP) is -0.0364. The zero-order chi connectivity index (χ0) is 13.0. The van der Waals surface area contributed by atoms with Gasteiger partial charge in [0.05, 0.1) is 6.20 Å². The lowest BCUT2D eigenvalue weighted by molar-refractivity contribution is 0.0994. The van der Waals surface area contributed by atoms with Gasteiger partial charge in [0.1, 0.15) is 5.82 Å². The number of amides is 1. The number of anilines is 1. The molecule has 1 amide bonds. The topological polar surface area (TPSA) is 98.7 Å². The SMILES string of the molecule is Cn1cc(CCNc2ccc(C(N)=O)nn2)cn1. The quantitative estimate of drug-likeness (QED) is 0.771. The van der Waals surface area contributed by atoms with Gasteiger partial charge in [-0.25, -0.2) is 0 Å². The molecule has 0 aliphatic rings. The summed E-state index contributed by atoms with van der Waals surface area (Å²) in [7, 11) is 1.88. The molecule has 7 nitrogen and oxygen atoms in total. The first-order valence-electron chi connectivity index (χ1n) is 5.50. The van der Waals surface area contributed by atoms with Gasteiger partial charge in [0.2, 0.25) is 0 Å². The number of nitrogens with zero attached hydrogens (tertiary/aromatic N) is 4. The number of nitrogens with one attached hydrogen (secondary N) is 1. The normalized spacial score (nSPS) is 10.3. The van der Waals surface area contributed by atoms with Crippen molar-refractivity contribution < 1.29 is 4.79 Å². The van der Waals surface area contributed by atoms with Crippen molar-refractivity contribution in [3.8, 4) is 0 Å². The number of rotatable bonds is 5. The molecule has 7 heteroatoms. The van der Waals surface area contributed by atoms with Crippen LogP contribution in [0.25, 0.3) is 0 Å². The Morgan fingerprint density at radius 2 is 2.28 bits per heavy atom. The Balaban J connectivity index is 1.85. The summed E-state index contributed by atoms with van der Waals surface area (Å²) in [5.74, 6) is 0.0355. The zero-order valence-electron chi connectivity index (χ0n) is 10.00. The van der Waals surface area contributed by atoms with Crippen LogP contribution in [-0.4, -0.2) is 32.4 Å². The molecule has 18 heavy (non-hydrogen) atoms. The number of carbonyl (C=O) groups excluding carboxylic acids is 1. The maximum absolute atomic E-state index is 10.8.